The highest BCUT2D eigenvalue weighted by molar-refractivity contribution is 6.38. The predicted octanol–water partition coefficient (Wildman–Crippen LogP) is 3.26. The van der Waals surface area contributed by atoms with Crippen molar-refractivity contribution in [3.05, 3.63) is 69.2 Å². The van der Waals surface area contributed by atoms with Crippen molar-refractivity contribution in [1.29, 1.82) is 0 Å². The van der Waals surface area contributed by atoms with Crippen LogP contribution in [-0.2, 0) is 0 Å². The van der Waals surface area contributed by atoms with Crippen molar-refractivity contribution >= 4 is 23.0 Å². The molecule has 2 rings (SSSR count). The number of rotatable bonds is 5. The average molecular weight is 346 g/mol. The molecule has 0 fully saturated rings. The second-order valence-corrected chi connectivity index (χ2v) is 6.32. The van der Waals surface area contributed by atoms with Crippen LogP contribution in [0, 0.1) is 0 Å². The molecule has 0 amide bonds. The molecule has 0 saturated carbocycles. The molecule has 126 valence electrons. The van der Waals surface area contributed by atoms with Crippen LogP contribution in [0.1, 0.15) is 35.9 Å². The number of nitrogens with zero attached hydrogens (tertiary/aromatic N) is 3. The Kier molecular flexibility index (Phi) is 5.57. The van der Waals surface area contributed by atoms with Crippen molar-refractivity contribution in [2.45, 2.75) is 19.9 Å². The van der Waals surface area contributed by atoms with E-state index in [1.807, 2.05) is 27.9 Å². The molecule has 1 aromatic carbocycles. The van der Waals surface area contributed by atoms with Crippen LogP contribution in [-0.4, -0.2) is 34.6 Å². The number of hydrogen-bond acceptors (Lipinski definition) is 4. The minimum absolute atomic E-state index is 0.103. The van der Waals surface area contributed by atoms with E-state index in [0.717, 1.165) is 0 Å². The summed E-state index contributed by atoms with van der Waals surface area (Å²) in [6, 6.07) is 9.75. The molecule has 0 bridgehead atoms. The number of carbonyl (C=O) groups is 1. The van der Waals surface area contributed by atoms with Crippen LogP contribution in [0.25, 0.3) is 5.57 Å². The summed E-state index contributed by atoms with van der Waals surface area (Å²) in [5.74, 6) is -0.240. The number of ketones is 1. The van der Waals surface area contributed by atoms with E-state index >= 15 is 0 Å². The molecule has 0 spiro atoms. The molecular weight excluding hydrogens is 326 g/mol. The molecular formula is C18H20ClN3O2. The first-order valence-electron chi connectivity index (χ1n) is 7.59. The number of hydrogen-bond donors (Lipinski definition) is 0. The van der Waals surface area contributed by atoms with Crippen molar-refractivity contribution in [2.75, 3.05) is 14.1 Å². The van der Waals surface area contributed by atoms with Gasteiger partial charge in [0.2, 0.25) is 0 Å². The lowest BCUT2D eigenvalue weighted by Crippen LogP contribution is -2.25. The average Bonchev–Trinajstić information content (AvgIpc) is 2.52. The van der Waals surface area contributed by atoms with E-state index in [1.165, 1.54) is 10.7 Å². The Bertz CT molecular complexity index is 838. The van der Waals surface area contributed by atoms with Crippen molar-refractivity contribution in [2.24, 2.45) is 0 Å². The van der Waals surface area contributed by atoms with Gasteiger partial charge in [0.05, 0.1) is 22.3 Å². The number of aromatic nitrogens is 2. The highest BCUT2D eigenvalue weighted by atomic mass is 35.5. The molecule has 0 radical (unpaired) electrons. The lowest BCUT2D eigenvalue weighted by Gasteiger charge is -2.14. The molecule has 5 nitrogen and oxygen atoms in total. The highest BCUT2D eigenvalue weighted by Crippen LogP contribution is 2.23. The summed E-state index contributed by atoms with van der Waals surface area (Å²) in [6.45, 7) is 3.73. The largest absolute Gasteiger partial charge is 0.383 e. The Morgan fingerprint density at radius 1 is 1.21 bits per heavy atom. The van der Waals surface area contributed by atoms with E-state index < -0.39 is 0 Å². The first-order valence-corrected chi connectivity index (χ1v) is 7.96. The van der Waals surface area contributed by atoms with E-state index in [1.54, 1.807) is 41.4 Å². The summed E-state index contributed by atoms with van der Waals surface area (Å²) in [4.78, 5) is 26.6. The zero-order valence-electron chi connectivity index (χ0n) is 14.2. The first kappa shape index (κ1) is 17.9. The Morgan fingerprint density at radius 2 is 1.88 bits per heavy atom. The Balaban J connectivity index is 2.59. The smallest absolute Gasteiger partial charge is 0.267 e. The molecule has 0 unspecified atom stereocenters. The predicted molar refractivity (Wildman–Crippen MR) is 96.3 cm³/mol. The second-order valence-electron chi connectivity index (χ2n) is 5.91. The van der Waals surface area contributed by atoms with E-state index in [0.29, 0.717) is 21.9 Å². The van der Waals surface area contributed by atoms with Crippen LogP contribution in [0.2, 0.25) is 5.02 Å². The molecule has 0 aliphatic heterocycles. The SMILES string of the molecule is CC(C)n1nc(/C(=C/N(C)C)C(=O)c2ccccc2Cl)ccc1=O. The summed E-state index contributed by atoms with van der Waals surface area (Å²) < 4.78 is 1.36. The van der Waals surface area contributed by atoms with Gasteiger partial charge in [0.25, 0.3) is 5.56 Å². The van der Waals surface area contributed by atoms with Crippen molar-refractivity contribution in [1.82, 2.24) is 14.7 Å². The highest BCUT2D eigenvalue weighted by Gasteiger charge is 2.19. The molecule has 2 aromatic rings. The van der Waals surface area contributed by atoms with E-state index in [9.17, 15) is 9.59 Å². The topological polar surface area (TPSA) is 55.2 Å². The lowest BCUT2D eigenvalue weighted by molar-refractivity contribution is 0.105. The van der Waals surface area contributed by atoms with Gasteiger partial charge < -0.3 is 4.90 Å². The number of Topliss-reactive ketones (excluding diaryl/α,β-unsaturated/α-hetero) is 1. The van der Waals surface area contributed by atoms with Crippen molar-refractivity contribution in [3.63, 3.8) is 0 Å². The van der Waals surface area contributed by atoms with E-state index in [4.69, 9.17) is 11.6 Å². The first-order chi connectivity index (χ1) is 11.3. The van der Waals surface area contributed by atoms with Crippen LogP contribution in [0.3, 0.4) is 0 Å². The summed E-state index contributed by atoms with van der Waals surface area (Å²) in [5.41, 5.74) is 1.00. The maximum atomic E-state index is 13.0. The monoisotopic (exact) mass is 345 g/mol. The van der Waals surface area contributed by atoms with Gasteiger partial charge in [-0.15, -0.1) is 0 Å². The lowest BCUT2D eigenvalue weighted by atomic mass is 10.0. The molecule has 0 aliphatic rings. The maximum Gasteiger partial charge on any atom is 0.267 e. The third kappa shape index (κ3) is 3.92. The zero-order valence-corrected chi connectivity index (χ0v) is 14.9. The van der Waals surface area contributed by atoms with Gasteiger partial charge in [-0.25, -0.2) is 4.68 Å². The molecule has 0 saturated heterocycles. The Morgan fingerprint density at radius 3 is 2.46 bits per heavy atom. The molecule has 1 heterocycles. The third-order valence-electron chi connectivity index (χ3n) is 3.34. The van der Waals surface area contributed by atoms with Crippen molar-refractivity contribution < 1.29 is 4.79 Å². The molecule has 24 heavy (non-hydrogen) atoms. The van der Waals surface area contributed by atoms with Crippen LogP contribution in [0.15, 0.2) is 47.4 Å². The van der Waals surface area contributed by atoms with E-state index in [2.05, 4.69) is 5.10 Å². The molecule has 1 aromatic heterocycles. The van der Waals surface area contributed by atoms with Gasteiger partial charge in [0.15, 0.2) is 5.78 Å². The third-order valence-corrected chi connectivity index (χ3v) is 3.67. The van der Waals surface area contributed by atoms with Gasteiger partial charge in [0, 0.05) is 31.9 Å². The van der Waals surface area contributed by atoms with Gasteiger partial charge in [0.1, 0.15) is 0 Å². The Labute approximate surface area is 146 Å². The standard InChI is InChI=1S/C18H20ClN3O2/c1-12(2)22-17(23)10-9-16(20-22)14(11-21(3)4)18(24)13-7-5-6-8-15(13)19/h5-12H,1-4H3/b14-11-. The summed E-state index contributed by atoms with van der Waals surface area (Å²) in [5, 5.41) is 4.73. The molecule has 0 aliphatic carbocycles. The zero-order chi connectivity index (χ0) is 17.9. The van der Waals surface area contributed by atoms with Gasteiger partial charge >= 0.3 is 0 Å². The minimum Gasteiger partial charge on any atom is -0.383 e. The molecule has 6 heteroatoms. The fourth-order valence-electron chi connectivity index (χ4n) is 2.23. The number of benzene rings is 1. The quantitative estimate of drug-likeness (QED) is 0.616. The van der Waals surface area contributed by atoms with Crippen molar-refractivity contribution in [3.8, 4) is 0 Å². The summed E-state index contributed by atoms with van der Waals surface area (Å²) >= 11 is 6.16. The summed E-state index contributed by atoms with van der Waals surface area (Å²) in [6.07, 6.45) is 1.68. The molecule has 0 N–H and O–H groups in total. The number of allylic oxidation sites excluding steroid dienone is 1. The maximum absolute atomic E-state index is 13.0. The Hall–Kier alpha value is -2.40. The summed E-state index contributed by atoms with van der Waals surface area (Å²) in [7, 11) is 3.64. The fraction of sp³-hybridized carbons (Fsp3) is 0.278. The number of halogens is 1. The minimum atomic E-state index is -0.240. The second kappa shape index (κ2) is 7.45. The van der Waals surface area contributed by atoms with Crippen LogP contribution in [0.4, 0.5) is 0 Å². The van der Waals surface area contributed by atoms with Crippen LogP contribution >= 0.6 is 11.6 Å². The molecule has 0 atom stereocenters. The number of carbonyl (C=O) groups excluding carboxylic acids is 1. The van der Waals surface area contributed by atoms with Crippen LogP contribution < -0.4 is 5.56 Å². The van der Waals surface area contributed by atoms with E-state index in [-0.39, 0.29) is 17.4 Å². The normalized spacial score (nSPS) is 11.7. The van der Waals surface area contributed by atoms with Gasteiger partial charge in [-0.1, -0.05) is 23.7 Å². The van der Waals surface area contributed by atoms with Gasteiger partial charge in [-0.3, -0.25) is 9.59 Å². The van der Waals surface area contributed by atoms with Gasteiger partial charge in [-0.2, -0.15) is 5.10 Å². The van der Waals surface area contributed by atoms with Crippen LogP contribution in [0.5, 0.6) is 0 Å². The van der Waals surface area contributed by atoms with Gasteiger partial charge in [-0.05, 0) is 32.0 Å². The fourth-order valence-corrected chi connectivity index (χ4v) is 2.45.